The van der Waals surface area contributed by atoms with Crippen molar-refractivity contribution in [3.05, 3.63) is 29.6 Å². The summed E-state index contributed by atoms with van der Waals surface area (Å²) in [7, 11) is 1.73. The molecule has 3 heteroatoms. The van der Waals surface area contributed by atoms with Crippen LogP contribution in [0.5, 0.6) is 5.75 Å². The van der Waals surface area contributed by atoms with E-state index in [1.165, 1.54) is 18.4 Å². The van der Waals surface area contributed by atoms with E-state index in [0.717, 1.165) is 17.0 Å². The van der Waals surface area contributed by atoms with E-state index in [4.69, 9.17) is 4.74 Å². The van der Waals surface area contributed by atoms with Crippen LogP contribution >= 0.6 is 0 Å². The van der Waals surface area contributed by atoms with E-state index >= 15 is 0 Å². The first-order chi connectivity index (χ1) is 7.28. The molecule has 1 aliphatic rings. The Labute approximate surface area is 88.7 Å². The molecule has 2 heterocycles. The van der Waals surface area contributed by atoms with Crippen LogP contribution in [0.1, 0.15) is 30.0 Å². The zero-order chi connectivity index (χ0) is 10.4. The highest BCUT2D eigenvalue weighted by Gasteiger charge is 2.27. The summed E-state index contributed by atoms with van der Waals surface area (Å²) in [6.45, 7) is 2.01. The second kappa shape index (κ2) is 2.99. The lowest BCUT2D eigenvalue weighted by atomic mass is 10.1. The lowest BCUT2D eigenvalue weighted by Gasteiger charge is -2.07. The van der Waals surface area contributed by atoms with Gasteiger partial charge in [0.25, 0.3) is 0 Å². The monoisotopic (exact) mass is 202 g/mol. The van der Waals surface area contributed by atoms with Crippen molar-refractivity contribution in [3.63, 3.8) is 0 Å². The van der Waals surface area contributed by atoms with Gasteiger partial charge in [-0.2, -0.15) is 5.10 Å². The summed E-state index contributed by atoms with van der Waals surface area (Å²) in [6.07, 6.45) is 4.56. The third-order valence-corrected chi connectivity index (χ3v) is 2.95. The van der Waals surface area contributed by atoms with Crippen LogP contribution in [0.3, 0.4) is 0 Å². The Hall–Kier alpha value is -1.51. The molecule has 1 aliphatic carbocycles. The van der Waals surface area contributed by atoms with Gasteiger partial charge in [-0.3, -0.25) is 0 Å². The molecule has 0 amide bonds. The van der Waals surface area contributed by atoms with Gasteiger partial charge in [0.1, 0.15) is 5.75 Å². The zero-order valence-corrected chi connectivity index (χ0v) is 9.03. The average molecular weight is 202 g/mol. The largest absolute Gasteiger partial charge is 0.495 e. The molecule has 0 aromatic carbocycles. The van der Waals surface area contributed by atoms with Crippen molar-refractivity contribution < 1.29 is 4.74 Å². The van der Waals surface area contributed by atoms with Crippen LogP contribution in [0.25, 0.3) is 5.52 Å². The van der Waals surface area contributed by atoms with Gasteiger partial charge in [0, 0.05) is 5.56 Å². The number of hydrogen-bond acceptors (Lipinski definition) is 2. The maximum Gasteiger partial charge on any atom is 0.140 e. The van der Waals surface area contributed by atoms with Crippen LogP contribution < -0.4 is 4.74 Å². The summed E-state index contributed by atoms with van der Waals surface area (Å²) in [4.78, 5) is 0. The number of aryl methyl sites for hydroxylation is 1. The maximum atomic E-state index is 5.40. The summed E-state index contributed by atoms with van der Waals surface area (Å²) < 4.78 is 7.29. The minimum atomic E-state index is 0.708. The van der Waals surface area contributed by atoms with E-state index in [1.54, 1.807) is 7.11 Å². The summed E-state index contributed by atoms with van der Waals surface area (Å²) in [6, 6.07) is 4.31. The molecule has 0 saturated heterocycles. The molecule has 0 bridgehead atoms. The molecule has 0 N–H and O–H groups in total. The summed E-state index contributed by atoms with van der Waals surface area (Å²) in [5.41, 5.74) is 3.55. The first-order valence-electron chi connectivity index (χ1n) is 5.32. The third kappa shape index (κ3) is 1.39. The Morgan fingerprint density at radius 1 is 1.40 bits per heavy atom. The Morgan fingerprint density at radius 2 is 2.20 bits per heavy atom. The quantitative estimate of drug-likeness (QED) is 0.748. The summed E-state index contributed by atoms with van der Waals surface area (Å²) in [5, 5.41) is 4.38. The number of fused-ring (bicyclic) bond motifs is 1. The highest BCUT2D eigenvalue weighted by atomic mass is 16.5. The highest BCUT2D eigenvalue weighted by Crippen LogP contribution is 2.44. The molecule has 2 aromatic heterocycles. The Bertz CT molecular complexity index is 512. The predicted molar refractivity (Wildman–Crippen MR) is 58.5 cm³/mol. The first kappa shape index (κ1) is 8.77. The fourth-order valence-electron chi connectivity index (χ4n) is 2.05. The van der Waals surface area contributed by atoms with E-state index in [0.29, 0.717) is 5.92 Å². The van der Waals surface area contributed by atoms with Crippen molar-refractivity contribution in [2.45, 2.75) is 25.7 Å². The minimum absolute atomic E-state index is 0.708. The average Bonchev–Trinajstić information content (AvgIpc) is 2.98. The standard InChI is InChI=1S/C12H14N2O/c1-8-5-10-6-11(9-3-4-9)12(15-2)7-14(10)13-8/h5-7,9H,3-4H2,1-2H3. The molecule has 3 nitrogen and oxygen atoms in total. The van der Waals surface area contributed by atoms with E-state index in [1.807, 2.05) is 17.6 Å². The topological polar surface area (TPSA) is 26.5 Å². The van der Waals surface area contributed by atoms with E-state index in [2.05, 4.69) is 17.2 Å². The van der Waals surface area contributed by atoms with Gasteiger partial charge < -0.3 is 4.74 Å². The first-order valence-corrected chi connectivity index (χ1v) is 5.32. The fourth-order valence-corrected chi connectivity index (χ4v) is 2.05. The van der Waals surface area contributed by atoms with E-state index in [9.17, 15) is 0 Å². The lowest BCUT2D eigenvalue weighted by Crippen LogP contribution is -1.95. The van der Waals surface area contributed by atoms with Gasteiger partial charge in [0.15, 0.2) is 0 Å². The number of aromatic nitrogens is 2. The van der Waals surface area contributed by atoms with Crippen LogP contribution in [0, 0.1) is 6.92 Å². The SMILES string of the molecule is COc1cn2nc(C)cc2cc1C1CC1. The van der Waals surface area contributed by atoms with Crippen molar-refractivity contribution in [2.24, 2.45) is 0 Å². The van der Waals surface area contributed by atoms with Crippen molar-refractivity contribution >= 4 is 5.52 Å². The molecule has 1 fully saturated rings. The Balaban J connectivity index is 2.23. The van der Waals surface area contributed by atoms with Crippen molar-refractivity contribution in [3.8, 4) is 5.75 Å². The fraction of sp³-hybridized carbons (Fsp3) is 0.417. The Kier molecular flexibility index (Phi) is 1.75. The van der Waals surface area contributed by atoms with Crippen LogP contribution in [0.4, 0.5) is 0 Å². The molecule has 15 heavy (non-hydrogen) atoms. The van der Waals surface area contributed by atoms with Gasteiger partial charge in [0.2, 0.25) is 0 Å². The van der Waals surface area contributed by atoms with Crippen LogP contribution in [0.2, 0.25) is 0 Å². The second-order valence-electron chi connectivity index (χ2n) is 4.23. The number of methoxy groups -OCH3 is 1. The second-order valence-corrected chi connectivity index (χ2v) is 4.23. The van der Waals surface area contributed by atoms with Crippen molar-refractivity contribution in [1.29, 1.82) is 0 Å². The number of rotatable bonds is 2. The van der Waals surface area contributed by atoms with Gasteiger partial charge in [-0.25, -0.2) is 4.52 Å². The van der Waals surface area contributed by atoms with Gasteiger partial charge in [-0.1, -0.05) is 0 Å². The van der Waals surface area contributed by atoms with Gasteiger partial charge >= 0.3 is 0 Å². The number of hydrogen-bond donors (Lipinski definition) is 0. The normalized spacial score (nSPS) is 15.9. The molecular formula is C12H14N2O. The maximum absolute atomic E-state index is 5.40. The van der Waals surface area contributed by atoms with E-state index < -0.39 is 0 Å². The van der Waals surface area contributed by atoms with Crippen LogP contribution in [0.15, 0.2) is 18.3 Å². The molecule has 78 valence electrons. The number of ether oxygens (including phenoxy) is 1. The van der Waals surface area contributed by atoms with Crippen molar-refractivity contribution in [2.75, 3.05) is 7.11 Å². The smallest absolute Gasteiger partial charge is 0.140 e. The molecule has 1 saturated carbocycles. The number of pyridine rings is 1. The van der Waals surface area contributed by atoms with Gasteiger partial charge in [0.05, 0.1) is 24.5 Å². The van der Waals surface area contributed by atoms with Gasteiger partial charge in [-0.15, -0.1) is 0 Å². The Morgan fingerprint density at radius 3 is 2.87 bits per heavy atom. The zero-order valence-electron chi connectivity index (χ0n) is 9.03. The molecular weight excluding hydrogens is 188 g/mol. The third-order valence-electron chi connectivity index (χ3n) is 2.95. The van der Waals surface area contributed by atoms with Crippen LogP contribution in [-0.4, -0.2) is 16.7 Å². The van der Waals surface area contributed by atoms with E-state index in [-0.39, 0.29) is 0 Å². The molecule has 0 radical (unpaired) electrons. The number of nitrogens with zero attached hydrogens (tertiary/aromatic N) is 2. The summed E-state index contributed by atoms with van der Waals surface area (Å²) >= 11 is 0. The van der Waals surface area contributed by atoms with Crippen LogP contribution in [-0.2, 0) is 0 Å². The van der Waals surface area contributed by atoms with Gasteiger partial charge in [-0.05, 0) is 37.8 Å². The molecule has 0 unspecified atom stereocenters. The highest BCUT2D eigenvalue weighted by molar-refractivity contribution is 5.55. The lowest BCUT2D eigenvalue weighted by molar-refractivity contribution is 0.406. The predicted octanol–water partition coefficient (Wildman–Crippen LogP) is 2.53. The summed E-state index contributed by atoms with van der Waals surface area (Å²) in [5.74, 6) is 1.67. The van der Waals surface area contributed by atoms with Crippen molar-refractivity contribution in [1.82, 2.24) is 9.61 Å². The molecule has 0 aliphatic heterocycles. The molecule has 3 rings (SSSR count). The molecule has 0 atom stereocenters. The molecule has 0 spiro atoms. The minimum Gasteiger partial charge on any atom is -0.495 e. The molecule has 2 aromatic rings.